The first-order chi connectivity index (χ1) is 13.9. The van der Waals surface area contributed by atoms with Gasteiger partial charge >= 0.3 is 0 Å². The van der Waals surface area contributed by atoms with E-state index in [1.54, 1.807) is 4.68 Å². The Morgan fingerprint density at radius 3 is 2.79 bits per heavy atom. The number of aromatic nitrogens is 5. The number of rotatable bonds is 5. The zero-order valence-electron chi connectivity index (χ0n) is 15.8. The zero-order chi connectivity index (χ0) is 20.5. The number of aryl methyl sites for hydroxylation is 2. The highest BCUT2D eigenvalue weighted by Crippen LogP contribution is 2.22. The molecule has 2 aromatic carbocycles. The molecule has 1 unspecified atom stereocenters. The number of benzene rings is 2. The molecule has 0 aliphatic carbocycles. The minimum absolute atomic E-state index is 0.0904. The lowest BCUT2D eigenvalue weighted by Crippen LogP contribution is -2.16. The lowest BCUT2D eigenvalue weighted by atomic mass is 10.1. The van der Waals surface area contributed by atoms with Crippen molar-refractivity contribution in [2.75, 3.05) is 5.32 Å². The average Bonchev–Trinajstić information content (AvgIpc) is 3.26. The Bertz CT molecular complexity index is 1200. The Balaban J connectivity index is 1.45. The first-order valence-electron chi connectivity index (χ1n) is 8.95. The van der Waals surface area contributed by atoms with Crippen LogP contribution in [0.5, 0.6) is 0 Å². The van der Waals surface area contributed by atoms with Crippen molar-refractivity contribution in [3.63, 3.8) is 0 Å². The summed E-state index contributed by atoms with van der Waals surface area (Å²) in [7, 11) is 1.87. The van der Waals surface area contributed by atoms with Crippen LogP contribution in [0.1, 0.15) is 23.1 Å². The average molecular weight is 396 g/mol. The van der Waals surface area contributed by atoms with Crippen molar-refractivity contribution in [3.8, 4) is 0 Å². The number of hydrogen-bond donors (Lipinski definition) is 1. The summed E-state index contributed by atoms with van der Waals surface area (Å²) in [6.07, 6.45) is -0.554. The molecule has 0 saturated heterocycles. The van der Waals surface area contributed by atoms with Crippen LogP contribution in [0.15, 0.2) is 48.7 Å². The van der Waals surface area contributed by atoms with Crippen LogP contribution < -0.4 is 5.32 Å². The Hall–Kier alpha value is -3.62. The zero-order valence-corrected chi connectivity index (χ0v) is 15.8. The van der Waals surface area contributed by atoms with Crippen molar-refractivity contribution in [1.82, 2.24) is 24.8 Å². The van der Waals surface area contributed by atoms with Gasteiger partial charge in [-0.3, -0.25) is 9.48 Å². The minimum atomic E-state index is -1.89. The van der Waals surface area contributed by atoms with Crippen LogP contribution in [-0.4, -0.2) is 30.7 Å². The lowest BCUT2D eigenvalue weighted by molar-refractivity contribution is -0.115. The molecule has 9 heteroatoms. The molecule has 7 nitrogen and oxygen atoms in total. The first-order valence-corrected chi connectivity index (χ1v) is 8.95. The first kappa shape index (κ1) is 18.7. The van der Waals surface area contributed by atoms with Crippen molar-refractivity contribution >= 4 is 22.6 Å². The van der Waals surface area contributed by atoms with Crippen LogP contribution in [-0.2, 0) is 18.3 Å². The summed E-state index contributed by atoms with van der Waals surface area (Å²) in [4.78, 5) is 13.1. The van der Waals surface area contributed by atoms with Crippen LogP contribution in [0, 0.1) is 12.7 Å². The van der Waals surface area contributed by atoms with Gasteiger partial charge in [-0.05, 0) is 30.7 Å². The second-order valence-corrected chi connectivity index (χ2v) is 6.69. The number of fused-ring (bicyclic) bond motifs is 1. The van der Waals surface area contributed by atoms with Crippen molar-refractivity contribution in [2.24, 2.45) is 7.05 Å². The van der Waals surface area contributed by atoms with E-state index in [1.807, 2.05) is 32.2 Å². The molecule has 2 aromatic heterocycles. The summed E-state index contributed by atoms with van der Waals surface area (Å²) in [5, 5.41) is 15.6. The van der Waals surface area contributed by atoms with Crippen molar-refractivity contribution in [1.29, 1.82) is 0 Å². The largest absolute Gasteiger partial charge is 0.308 e. The molecule has 0 radical (unpaired) electrons. The fraction of sp³-hybridized carbons (Fsp3) is 0.200. The van der Waals surface area contributed by atoms with E-state index in [0.29, 0.717) is 0 Å². The third kappa shape index (κ3) is 3.71. The molecule has 1 amide bonds. The molecule has 4 rings (SSSR count). The van der Waals surface area contributed by atoms with Gasteiger partial charge in [0.05, 0.1) is 23.8 Å². The maximum Gasteiger partial charge on any atom is 0.238 e. The molecule has 148 valence electrons. The van der Waals surface area contributed by atoms with Gasteiger partial charge in [0.1, 0.15) is 5.82 Å². The van der Waals surface area contributed by atoms with Gasteiger partial charge in [-0.25, -0.2) is 8.78 Å². The quantitative estimate of drug-likeness (QED) is 0.561. The summed E-state index contributed by atoms with van der Waals surface area (Å²) in [6.45, 7) is 1.91. The van der Waals surface area contributed by atoms with Crippen molar-refractivity contribution in [3.05, 3.63) is 71.3 Å². The second kappa shape index (κ2) is 7.42. The van der Waals surface area contributed by atoms with Gasteiger partial charge < -0.3 is 5.32 Å². The molecule has 0 aliphatic heterocycles. The fourth-order valence-electron chi connectivity index (χ4n) is 3.21. The molecule has 0 aliphatic rings. The van der Waals surface area contributed by atoms with E-state index >= 15 is 0 Å². The van der Waals surface area contributed by atoms with Gasteiger partial charge in [0.15, 0.2) is 5.82 Å². The Kier molecular flexibility index (Phi) is 4.79. The minimum Gasteiger partial charge on any atom is -0.308 e. The summed E-state index contributed by atoms with van der Waals surface area (Å²) >= 11 is 0. The maximum absolute atomic E-state index is 14.5. The number of anilines is 1. The summed E-state index contributed by atoms with van der Waals surface area (Å²) < 4.78 is 30.0. The van der Waals surface area contributed by atoms with Crippen molar-refractivity contribution in [2.45, 2.75) is 19.6 Å². The van der Waals surface area contributed by atoms with Gasteiger partial charge in [-0.2, -0.15) is 10.2 Å². The van der Waals surface area contributed by atoms with E-state index in [4.69, 9.17) is 0 Å². The molecule has 1 N–H and O–H groups in total. The molecule has 29 heavy (non-hydrogen) atoms. The number of hydrogen-bond acceptors (Lipinski definition) is 4. The van der Waals surface area contributed by atoms with E-state index in [-0.39, 0.29) is 23.7 Å². The van der Waals surface area contributed by atoms with Crippen LogP contribution >= 0.6 is 0 Å². The topological polar surface area (TPSA) is 77.6 Å². The number of carbonyl (C=O) groups is 1. The predicted octanol–water partition coefficient (Wildman–Crippen LogP) is 3.31. The molecular weight excluding hydrogens is 378 g/mol. The third-order valence-corrected chi connectivity index (χ3v) is 4.60. The summed E-state index contributed by atoms with van der Waals surface area (Å²) in [5.41, 5.74) is 2.50. The smallest absolute Gasteiger partial charge is 0.238 e. The van der Waals surface area contributed by atoms with E-state index < -0.39 is 12.1 Å². The van der Waals surface area contributed by atoms with E-state index in [2.05, 4.69) is 20.6 Å². The second-order valence-electron chi connectivity index (χ2n) is 6.69. The normalized spacial score (nSPS) is 12.3. The molecule has 0 bridgehead atoms. The highest BCUT2D eigenvalue weighted by Gasteiger charge is 2.19. The molecule has 0 spiro atoms. The highest BCUT2D eigenvalue weighted by molar-refractivity contribution is 5.92. The van der Waals surface area contributed by atoms with Gasteiger partial charge in [0.2, 0.25) is 12.2 Å². The van der Waals surface area contributed by atoms with Crippen molar-refractivity contribution < 1.29 is 13.6 Å². The molecule has 1 atom stereocenters. The van der Waals surface area contributed by atoms with E-state index in [9.17, 15) is 13.6 Å². The Morgan fingerprint density at radius 2 is 2.00 bits per heavy atom. The Morgan fingerprint density at radius 1 is 1.21 bits per heavy atom. The van der Waals surface area contributed by atoms with Gasteiger partial charge in [-0.1, -0.05) is 24.3 Å². The molecule has 2 heterocycles. The monoisotopic (exact) mass is 396 g/mol. The number of nitrogens with one attached hydrogen (secondary N) is 1. The highest BCUT2D eigenvalue weighted by atomic mass is 19.1. The standard InChI is InChI=1S/C20H18F2N6O/c1-12-15-9-13(7-8-17(15)27(2)25-12)10-19(29)24-18-11-23-28(26-18)20(22)14-5-3-4-6-16(14)21/h3-9,11,20H,10H2,1-2H3,(H,24,26,29). The number of alkyl halides is 1. The SMILES string of the molecule is Cc1nn(C)c2ccc(CC(=O)Nc3cnn(C(F)c4ccccc4F)n3)cc12. The lowest BCUT2D eigenvalue weighted by Gasteiger charge is -2.08. The number of amides is 1. The molecule has 0 saturated carbocycles. The summed E-state index contributed by atoms with van der Waals surface area (Å²) in [5.74, 6) is -0.921. The fourth-order valence-corrected chi connectivity index (χ4v) is 3.21. The summed E-state index contributed by atoms with van der Waals surface area (Å²) in [6, 6.07) is 11.2. The number of nitrogens with zero attached hydrogens (tertiary/aromatic N) is 5. The van der Waals surface area contributed by atoms with Gasteiger partial charge in [-0.15, -0.1) is 9.90 Å². The third-order valence-electron chi connectivity index (χ3n) is 4.60. The predicted molar refractivity (Wildman–Crippen MR) is 103 cm³/mol. The molecule has 0 fully saturated rings. The molecule has 4 aromatic rings. The Labute approximate surface area is 164 Å². The van der Waals surface area contributed by atoms with E-state index in [1.165, 1.54) is 24.4 Å². The van der Waals surface area contributed by atoms with Crippen LogP contribution in [0.4, 0.5) is 14.6 Å². The van der Waals surface area contributed by atoms with Gasteiger partial charge in [0, 0.05) is 18.0 Å². The number of carbonyl (C=O) groups excluding carboxylic acids is 1. The van der Waals surface area contributed by atoms with Crippen LogP contribution in [0.3, 0.4) is 0 Å². The van der Waals surface area contributed by atoms with Gasteiger partial charge in [0.25, 0.3) is 0 Å². The maximum atomic E-state index is 14.5. The number of halogens is 2. The van der Waals surface area contributed by atoms with Crippen LogP contribution in [0.2, 0.25) is 0 Å². The molecular formula is C20H18F2N6O. The van der Waals surface area contributed by atoms with Crippen LogP contribution in [0.25, 0.3) is 10.9 Å². The van der Waals surface area contributed by atoms with E-state index in [0.717, 1.165) is 33.0 Å².